The third-order valence-electron chi connectivity index (χ3n) is 5.94. The zero-order valence-electron chi connectivity index (χ0n) is 18.4. The Morgan fingerprint density at radius 3 is 2.78 bits per heavy atom. The summed E-state index contributed by atoms with van der Waals surface area (Å²) in [6, 6.07) is 10.2. The first kappa shape index (κ1) is 21.3. The number of hydrogen-bond acceptors (Lipinski definition) is 6. The summed E-state index contributed by atoms with van der Waals surface area (Å²) in [6.45, 7) is 5.08. The van der Waals surface area contributed by atoms with Gasteiger partial charge in [-0.1, -0.05) is 55.9 Å². The number of rotatable bonds is 7. The van der Waals surface area contributed by atoms with E-state index in [9.17, 15) is 4.79 Å². The van der Waals surface area contributed by atoms with Crippen LogP contribution in [0.5, 0.6) is 0 Å². The van der Waals surface area contributed by atoms with E-state index in [0.29, 0.717) is 18.2 Å². The highest BCUT2D eigenvalue weighted by Crippen LogP contribution is 2.42. The van der Waals surface area contributed by atoms with Crippen molar-refractivity contribution in [1.29, 1.82) is 0 Å². The van der Waals surface area contributed by atoms with Gasteiger partial charge in [-0.3, -0.25) is 4.79 Å². The molecule has 1 aliphatic rings. The first-order valence-corrected chi connectivity index (χ1v) is 12.9. The van der Waals surface area contributed by atoms with E-state index in [0.717, 1.165) is 39.3 Å². The van der Waals surface area contributed by atoms with Crippen LogP contribution in [0.2, 0.25) is 0 Å². The lowest BCUT2D eigenvalue weighted by atomic mass is 9.99. The van der Waals surface area contributed by atoms with Crippen LogP contribution < -0.4 is 5.32 Å². The number of nitrogens with one attached hydrogen (secondary N) is 1. The van der Waals surface area contributed by atoms with Gasteiger partial charge in [0.2, 0.25) is 5.91 Å². The van der Waals surface area contributed by atoms with Gasteiger partial charge in [-0.05, 0) is 48.3 Å². The largest absolute Gasteiger partial charge is 0.355 e. The van der Waals surface area contributed by atoms with E-state index in [1.807, 2.05) is 18.2 Å². The van der Waals surface area contributed by atoms with Gasteiger partial charge in [-0.15, -0.1) is 11.3 Å². The molecule has 0 radical (unpaired) electrons. The summed E-state index contributed by atoms with van der Waals surface area (Å²) in [4.78, 5) is 27.7. The first-order chi connectivity index (χ1) is 15.6. The zero-order valence-corrected chi connectivity index (χ0v) is 20.0. The minimum Gasteiger partial charge on any atom is -0.355 e. The quantitative estimate of drug-likeness (QED) is 0.298. The van der Waals surface area contributed by atoms with Gasteiger partial charge in [-0.25, -0.2) is 15.0 Å². The molecule has 0 aliphatic heterocycles. The zero-order chi connectivity index (χ0) is 22.1. The normalized spacial score (nSPS) is 13.2. The fourth-order valence-corrected chi connectivity index (χ4v) is 6.53. The van der Waals surface area contributed by atoms with Gasteiger partial charge < -0.3 is 5.32 Å². The Hall–Kier alpha value is -2.51. The second-order valence-corrected chi connectivity index (χ2v) is 10.4. The third kappa shape index (κ3) is 4.11. The molecule has 1 N–H and O–H groups in total. The molecule has 0 saturated heterocycles. The summed E-state index contributed by atoms with van der Waals surface area (Å²) in [5, 5.41) is 5.09. The molecular formula is C25H26N4OS2. The number of aromatic nitrogens is 3. The van der Waals surface area contributed by atoms with E-state index in [2.05, 4.69) is 41.3 Å². The van der Waals surface area contributed by atoms with Crippen molar-refractivity contribution in [3.05, 3.63) is 59.0 Å². The molecule has 1 amide bonds. The van der Waals surface area contributed by atoms with Crippen LogP contribution in [0.1, 0.15) is 48.6 Å². The lowest BCUT2D eigenvalue weighted by molar-refractivity contribution is -0.118. The van der Waals surface area contributed by atoms with Crippen LogP contribution >= 0.6 is 23.1 Å². The molecule has 0 unspecified atom stereocenters. The van der Waals surface area contributed by atoms with Crippen molar-refractivity contribution >= 4 is 49.4 Å². The van der Waals surface area contributed by atoms with Crippen LogP contribution in [0.25, 0.3) is 20.4 Å². The molecule has 0 atom stereocenters. The highest BCUT2D eigenvalue weighted by molar-refractivity contribution is 8.00. The molecule has 3 heterocycles. The number of thiophene rings is 1. The van der Waals surface area contributed by atoms with Crippen LogP contribution in [-0.4, -0.2) is 33.2 Å². The topological polar surface area (TPSA) is 67.8 Å². The summed E-state index contributed by atoms with van der Waals surface area (Å²) in [7, 11) is 0. The predicted molar refractivity (Wildman–Crippen MR) is 133 cm³/mol. The van der Waals surface area contributed by atoms with E-state index in [-0.39, 0.29) is 5.91 Å². The lowest BCUT2D eigenvalue weighted by Gasteiger charge is -2.11. The molecule has 5 rings (SSSR count). The van der Waals surface area contributed by atoms with E-state index in [1.165, 1.54) is 46.0 Å². The molecule has 3 aromatic heterocycles. The smallest absolute Gasteiger partial charge is 0.230 e. The van der Waals surface area contributed by atoms with Crippen molar-refractivity contribution in [3.63, 3.8) is 0 Å². The maximum atomic E-state index is 12.4. The van der Waals surface area contributed by atoms with Crippen LogP contribution in [0.4, 0.5) is 0 Å². The lowest BCUT2D eigenvalue weighted by Crippen LogP contribution is -2.27. The van der Waals surface area contributed by atoms with Gasteiger partial charge >= 0.3 is 0 Å². The fraction of sp³-hybridized carbons (Fsp3) is 0.360. The number of carbonyl (C=O) groups excluding carboxylic acids is 1. The molecule has 0 bridgehead atoms. The molecular weight excluding hydrogens is 436 g/mol. The molecule has 1 aromatic carbocycles. The molecule has 32 heavy (non-hydrogen) atoms. The van der Waals surface area contributed by atoms with E-state index < -0.39 is 0 Å². The number of fused-ring (bicyclic) bond motifs is 5. The summed E-state index contributed by atoms with van der Waals surface area (Å²) in [5.74, 6) is 0.786. The maximum absolute atomic E-state index is 12.4. The number of pyridine rings is 1. The van der Waals surface area contributed by atoms with Gasteiger partial charge in [0.05, 0.1) is 16.0 Å². The van der Waals surface area contributed by atoms with Crippen molar-refractivity contribution in [1.82, 2.24) is 20.3 Å². The highest BCUT2D eigenvalue weighted by Gasteiger charge is 2.25. The molecule has 5 nitrogen and oxygen atoms in total. The van der Waals surface area contributed by atoms with Crippen molar-refractivity contribution in [2.75, 3.05) is 12.3 Å². The minimum absolute atomic E-state index is 0.0277. The number of hydrogen-bond donors (Lipinski definition) is 1. The molecule has 0 fully saturated rings. The summed E-state index contributed by atoms with van der Waals surface area (Å²) >= 11 is 3.15. The van der Waals surface area contributed by atoms with Crippen molar-refractivity contribution in [3.8, 4) is 0 Å². The van der Waals surface area contributed by atoms with Gasteiger partial charge in [0.15, 0.2) is 0 Å². The third-order valence-corrected chi connectivity index (χ3v) is 8.14. The van der Waals surface area contributed by atoms with Gasteiger partial charge in [0.25, 0.3) is 0 Å². The average molecular weight is 463 g/mol. The summed E-state index contributed by atoms with van der Waals surface area (Å²) < 4.78 is 1.05. The molecule has 0 saturated carbocycles. The van der Waals surface area contributed by atoms with Gasteiger partial charge in [0.1, 0.15) is 16.2 Å². The number of amides is 1. The van der Waals surface area contributed by atoms with Crippen LogP contribution in [-0.2, 0) is 24.1 Å². The Balaban J connectivity index is 1.35. The number of aryl methyl sites for hydroxylation is 1. The maximum Gasteiger partial charge on any atom is 0.230 e. The Morgan fingerprint density at radius 2 is 1.97 bits per heavy atom. The minimum atomic E-state index is 0.0277. The second-order valence-electron chi connectivity index (χ2n) is 8.48. The van der Waals surface area contributed by atoms with E-state index in [4.69, 9.17) is 4.98 Å². The van der Waals surface area contributed by atoms with E-state index >= 15 is 0 Å². The number of carbonyl (C=O) groups is 1. The van der Waals surface area contributed by atoms with Crippen molar-refractivity contribution in [2.24, 2.45) is 0 Å². The molecule has 4 aromatic rings. The average Bonchev–Trinajstić information content (AvgIpc) is 3.42. The monoisotopic (exact) mass is 462 g/mol. The highest BCUT2D eigenvalue weighted by atomic mass is 32.2. The van der Waals surface area contributed by atoms with Gasteiger partial charge in [0, 0.05) is 17.6 Å². The fourth-order valence-electron chi connectivity index (χ4n) is 4.46. The van der Waals surface area contributed by atoms with Crippen LogP contribution in [0, 0.1) is 0 Å². The first-order valence-electron chi connectivity index (χ1n) is 11.1. The van der Waals surface area contributed by atoms with Gasteiger partial charge in [-0.2, -0.15) is 0 Å². The summed E-state index contributed by atoms with van der Waals surface area (Å²) in [5.41, 5.74) is 6.31. The second kappa shape index (κ2) is 9.16. The standard InChI is InChI=1S/C25H26N4OS2/c1-15(2)21-18-10-6-9-17(18)20-22-23(32-24(20)29-21)25(28-14-27-22)31-13-19(30)26-12-11-16-7-4-3-5-8-16/h3-5,7-8,14-15H,6,9-13H2,1-2H3,(H,26,30). The number of thioether (sulfide) groups is 1. The van der Waals surface area contributed by atoms with Crippen molar-refractivity contribution in [2.45, 2.75) is 50.5 Å². The number of benzene rings is 1. The summed E-state index contributed by atoms with van der Waals surface area (Å²) in [6.07, 6.45) is 5.85. The Labute approximate surface area is 196 Å². The number of nitrogens with zero attached hydrogens (tertiary/aromatic N) is 3. The molecule has 164 valence electrons. The predicted octanol–water partition coefficient (Wildman–Crippen LogP) is 5.30. The Morgan fingerprint density at radius 1 is 1.16 bits per heavy atom. The van der Waals surface area contributed by atoms with Crippen molar-refractivity contribution < 1.29 is 4.79 Å². The molecule has 0 spiro atoms. The van der Waals surface area contributed by atoms with Crippen LogP contribution in [0.15, 0.2) is 41.7 Å². The molecule has 1 aliphatic carbocycles. The SMILES string of the molecule is CC(C)c1nc2sc3c(SCC(=O)NCCc4ccccc4)ncnc3c2c2c1CCC2. The Kier molecular flexibility index (Phi) is 6.11. The Bertz CT molecular complexity index is 1280. The molecule has 7 heteroatoms. The van der Waals surface area contributed by atoms with Crippen LogP contribution in [0.3, 0.4) is 0 Å². The van der Waals surface area contributed by atoms with E-state index in [1.54, 1.807) is 17.7 Å².